The molecule has 3 nitrogen and oxygen atoms in total. The van der Waals surface area contributed by atoms with E-state index in [-0.39, 0.29) is 0 Å². The standard InChI is InChI=1S/C14H16BrNO2/c1-17-13-8-10(6-7-16)12(15)9-14(13)18-11-4-2-3-5-11/h8-9,11H,2-6H2,1H3. The van der Waals surface area contributed by atoms with Crippen LogP contribution in [0.2, 0.25) is 0 Å². The zero-order chi connectivity index (χ0) is 13.0. The Kier molecular flexibility index (Phi) is 4.48. The maximum absolute atomic E-state index is 8.76. The van der Waals surface area contributed by atoms with Crippen LogP contribution in [0, 0.1) is 11.3 Å². The molecule has 1 aromatic rings. The second-order valence-corrected chi connectivity index (χ2v) is 5.31. The minimum absolute atomic E-state index is 0.299. The van der Waals surface area contributed by atoms with Crippen LogP contribution in [-0.2, 0) is 6.42 Å². The molecule has 0 N–H and O–H groups in total. The number of rotatable bonds is 4. The molecule has 0 amide bonds. The van der Waals surface area contributed by atoms with E-state index in [9.17, 15) is 0 Å². The van der Waals surface area contributed by atoms with Crippen LogP contribution in [0.3, 0.4) is 0 Å². The summed E-state index contributed by atoms with van der Waals surface area (Å²) in [6.07, 6.45) is 5.36. The first-order valence-electron chi connectivity index (χ1n) is 6.14. The fraction of sp³-hybridized carbons (Fsp3) is 0.500. The molecule has 1 saturated carbocycles. The average Bonchev–Trinajstić information content (AvgIpc) is 2.85. The van der Waals surface area contributed by atoms with E-state index in [4.69, 9.17) is 14.7 Å². The van der Waals surface area contributed by atoms with Gasteiger partial charge in [-0.3, -0.25) is 0 Å². The maximum Gasteiger partial charge on any atom is 0.162 e. The maximum atomic E-state index is 8.76. The van der Waals surface area contributed by atoms with Crippen molar-refractivity contribution in [3.05, 3.63) is 22.2 Å². The zero-order valence-corrected chi connectivity index (χ0v) is 12.0. The van der Waals surface area contributed by atoms with Crippen LogP contribution >= 0.6 is 15.9 Å². The highest BCUT2D eigenvalue weighted by atomic mass is 79.9. The molecular weight excluding hydrogens is 294 g/mol. The third-order valence-corrected chi connectivity index (χ3v) is 3.94. The number of nitriles is 1. The summed E-state index contributed by atoms with van der Waals surface area (Å²) < 4.78 is 12.2. The number of halogens is 1. The van der Waals surface area contributed by atoms with Gasteiger partial charge in [-0.15, -0.1) is 0 Å². The number of hydrogen-bond acceptors (Lipinski definition) is 3. The zero-order valence-electron chi connectivity index (χ0n) is 10.4. The fourth-order valence-corrected chi connectivity index (χ4v) is 2.70. The summed E-state index contributed by atoms with van der Waals surface area (Å²) in [5, 5.41) is 8.76. The molecule has 0 heterocycles. The minimum Gasteiger partial charge on any atom is -0.493 e. The molecule has 0 radical (unpaired) electrons. The summed E-state index contributed by atoms with van der Waals surface area (Å²) in [5.74, 6) is 1.47. The van der Waals surface area contributed by atoms with Crippen molar-refractivity contribution < 1.29 is 9.47 Å². The normalized spacial score (nSPS) is 15.4. The third kappa shape index (κ3) is 2.97. The Bertz CT molecular complexity index is 462. The van der Waals surface area contributed by atoms with E-state index in [1.807, 2.05) is 12.1 Å². The van der Waals surface area contributed by atoms with E-state index in [1.165, 1.54) is 12.8 Å². The molecule has 0 aliphatic heterocycles. The summed E-state index contributed by atoms with van der Waals surface area (Å²) in [4.78, 5) is 0. The monoisotopic (exact) mass is 309 g/mol. The van der Waals surface area contributed by atoms with Crippen LogP contribution in [0.1, 0.15) is 31.2 Å². The SMILES string of the molecule is COc1cc(CC#N)c(Br)cc1OC1CCCC1. The highest BCUT2D eigenvalue weighted by molar-refractivity contribution is 9.10. The van der Waals surface area contributed by atoms with Gasteiger partial charge in [0.15, 0.2) is 11.5 Å². The molecule has 2 rings (SSSR count). The molecule has 4 heteroatoms. The van der Waals surface area contributed by atoms with Crippen molar-refractivity contribution in [3.63, 3.8) is 0 Å². The topological polar surface area (TPSA) is 42.2 Å². The smallest absolute Gasteiger partial charge is 0.162 e. The van der Waals surface area contributed by atoms with Gasteiger partial charge in [-0.25, -0.2) is 0 Å². The van der Waals surface area contributed by atoms with Crippen LogP contribution in [0.4, 0.5) is 0 Å². The summed E-state index contributed by atoms with van der Waals surface area (Å²) >= 11 is 3.47. The van der Waals surface area contributed by atoms with Crippen LogP contribution in [0.25, 0.3) is 0 Å². The lowest BCUT2D eigenvalue weighted by Crippen LogP contribution is -2.11. The quantitative estimate of drug-likeness (QED) is 0.848. The van der Waals surface area contributed by atoms with E-state index < -0.39 is 0 Å². The molecule has 0 unspecified atom stereocenters. The lowest BCUT2D eigenvalue weighted by molar-refractivity contribution is 0.200. The molecular formula is C14H16BrNO2. The van der Waals surface area contributed by atoms with Crippen molar-refractivity contribution in [2.45, 2.75) is 38.2 Å². The van der Waals surface area contributed by atoms with E-state index in [0.717, 1.165) is 28.6 Å². The molecule has 0 aromatic heterocycles. The molecule has 0 atom stereocenters. The molecule has 0 saturated heterocycles. The first-order valence-corrected chi connectivity index (χ1v) is 6.94. The van der Waals surface area contributed by atoms with Gasteiger partial charge in [0.25, 0.3) is 0 Å². The van der Waals surface area contributed by atoms with E-state index in [1.54, 1.807) is 7.11 Å². The van der Waals surface area contributed by atoms with Crippen molar-refractivity contribution in [3.8, 4) is 17.6 Å². The Morgan fingerprint density at radius 1 is 1.33 bits per heavy atom. The Balaban J connectivity index is 2.23. The van der Waals surface area contributed by atoms with Crippen molar-refractivity contribution in [1.29, 1.82) is 5.26 Å². The van der Waals surface area contributed by atoms with Gasteiger partial charge in [-0.05, 0) is 43.4 Å². The predicted molar refractivity (Wildman–Crippen MR) is 72.9 cm³/mol. The van der Waals surface area contributed by atoms with Gasteiger partial charge in [0.2, 0.25) is 0 Å². The second-order valence-electron chi connectivity index (χ2n) is 4.45. The Morgan fingerprint density at radius 3 is 2.67 bits per heavy atom. The van der Waals surface area contributed by atoms with Crippen molar-refractivity contribution >= 4 is 15.9 Å². The number of benzene rings is 1. The van der Waals surface area contributed by atoms with Gasteiger partial charge in [0.1, 0.15) is 0 Å². The number of hydrogen-bond donors (Lipinski definition) is 0. The van der Waals surface area contributed by atoms with Gasteiger partial charge < -0.3 is 9.47 Å². The highest BCUT2D eigenvalue weighted by Gasteiger charge is 2.19. The van der Waals surface area contributed by atoms with Crippen molar-refractivity contribution in [2.75, 3.05) is 7.11 Å². The average molecular weight is 310 g/mol. The molecule has 1 aromatic carbocycles. The summed E-state index contributed by atoms with van der Waals surface area (Å²) in [5.41, 5.74) is 0.924. The molecule has 0 bridgehead atoms. The lowest BCUT2D eigenvalue weighted by atomic mass is 10.1. The van der Waals surface area contributed by atoms with Crippen molar-refractivity contribution in [2.24, 2.45) is 0 Å². The fourth-order valence-electron chi connectivity index (χ4n) is 2.24. The Hall–Kier alpha value is -1.21. The molecule has 1 fully saturated rings. The van der Waals surface area contributed by atoms with Crippen LogP contribution in [0.15, 0.2) is 16.6 Å². The van der Waals surface area contributed by atoms with Gasteiger partial charge in [-0.2, -0.15) is 5.26 Å². The molecule has 96 valence electrons. The van der Waals surface area contributed by atoms with E-state index in [2.05, 4.69) is 22.0 Å². The summed E-state index contributed by atoms with van der Waals surface area (Å²) in [6.45, 7) is 0. The van der Waals surface area contributed by atoms with Gasteiger partial charge >= 0.3 is 0 Å². The highest BCUT2D eigenvalue weighted by Crippen LogP contribution is 2.36. The van der Waals surface area contributed by atoms with Gasteiger partial charge in [0.05, 0.1) is 25.7 Å². The molecule has 1 aliphatic carbocycles. The number of nitrogens with zero attached hydrogens (tertiary/aromatic N) is 1. The number of methoxy groups -OCH3 is 1. The largest absolute Gasteiger partial charge is 0.493 e. The van der Waals surface area contributed by atoms with Crippen LogP contribution in [0.5, 0.6) is 11.5 Å². The van der Waals surface area contributed by atoms with Gasteiger partial charge in [-0.1, -0.05) is 15.9 Å². The summed E-state index contributed by atoms with van der Waals surface area (Å²) in [6, 6.07) is 5.92. The first kappa shape index (κ1) is 13.2. The lowest BCUT2D eigenvalue weighted by Gasteiger charge is -2.17. The minimum atomic E-state index is 0.299. The second kappa shape index (κ2) is 6.10. The summed E-state index contributed by atoms with van der Waals surface area (Å²) in [7, 11) is 1.63. The van der Waals surface area contributed by atoms with E-state index >= 15 is 0 Å². The molecule has 0 spiro atoms. The van der Waals surface area contributed by atoms with Crippen molar-refractivity contribution in [1.82, 2.24) is 0 Å². The van der Waals surface area contributed by atoms with Crippen LogP contribution in [-0.4, -0.2) is 13.2 Å². The third-order valence-electron chi connectivity index (χ3n) is 3.20. The first-order chi connectivity index (χ1) is 8.74. The Morgan fingerprint density at radius 2 is 2.06 bits per heavy atom. The van der Waals surface area contributed by atoms with Crippen LogP contribution < -0.4 is 9.47 Å². The molecule has 18 heavy (non-hydrogen) atoms. The Labute approximate surface area is 116 Å². The predicted octanol–water partition coefficient (Wildman–Crippen LogP) is 3.85. The number of ether oxygens (including phenoxy) is 2. The molecule has 1 aliphatic rings. The van der Waals surface area contributed by atoms with E-state index in [0.29, 0.717) is 18.3 Å². The van der Waals surface area contributed by atoms with Gasteiger partial charge in [0, 0.05) is 4.47 Å².